The minimum absolute atomic E-state index is 0.170. The number of hydrogen-bond donors (Lipinski definition) is 0. The first-order valence-corrected chi connectivity index (χ1v) is 8.13. The highest BCUT2D eigenvalue weighted by Gasteiger charge is 2.39. The molecule has 0 aromatic heterocycles. The van der Waals surface area contributed by atoms with E-state index < -0.39 is 0 Å². The van der Waals surface area contributed by atoms with Gasteiger partial charge in [0.05, 0.1) is 5.38 Å². The van der Waals surface area contributed by atoms with Gasteiger partial charge in [-0.3, -0.25) is 0 Å². The number of alkyl halides is 1. The quantitative estimate of drug-likeness (QED) is 0.566. The molecule has 0 saturated heterocycles. The monoisotopic (exact) mass is 278 g/mol. The Morgan fingerprint density at radius 1 is 1.21 bits per heavy atom. The lowest BCUT2D eigenvalue weighted by molar-refractivity contribution is 0.252. The van der Waals surface area contributed by atoms with Crippen molar-refractivity contribution in [3.05, 3.63) is 35.4 Å². The highest BCUT2D eigenvalue weighted by Crippen LogP contribution is 2.51. The van der Waals surface area contributed by atoms with E-state index in [0.717, 1.165) is 0 Å². The van der Waals surface area contributed by atoms with E-state index in [2.05, 4.69) is 52.0 Å². The second kappa shape index (κ2) is 5.87. The van der Waals surface area contributed by atoms with Crippen molar-refractivity contribution in [1.82, 2.24) is 0 Å². The zero-order chi connectivity index (χ0) is 14.0. The lowest BCUT2D eigenvalue weighted by Crippen LogP contribution is -2.21. The van der Waals surface area contributed by atoms with Gasteiger partial charge in [-0.2, -0.15) is 0 Å². The number of halogens is 1. The van der Waals surface area contributed by atoms with Crippen LogP contribution in [0.25, 0.3) is 0 Å². The van der Waals surface area contributed by atoms with Crippen molar-refractivity contribution in [2.24, 2.45) is 11.3 Å². The Labute approximate surface area is 123 Å². The molecular weight excluding hydrogens is 252 g/mol. The normalized spacial score (nSPS) is 25.2. The van der Waals surface area contributed by atoms with E-state index in [-0.39, 0.29) is 5.38 Å². The van der Waals surface area contributed by atoms with Crippen molar-refractivity contribution in [3.63, 3.8) is 0 Å². The summed E-state index contributed by atoms with van der Waals surface area (Å²) in [6, 6.07) is 9.02. The van der Waals surface area contributed by atoms with Crippen molar-refractivity contribution < 1.29 is 0 Å². The molecule has 1 aromatic rings. The molecule has 0 nitrogen and oxygen atoms in total. The summed E-state index contributed by atoms with van der Waals surface area (Å²) >= 11 is 6.76. The predicted octanol–water partition coefficient (Wildman–Crippen LogP) is 6.31. The molecule has 0 spiro atoms. The first-order chi connectivity index (χ1) is 8.95. The van der Waals surface area contributed by atoms with Gasteiger partial charge in [-0.1, -0.05) is 58.4 Å². The zero-order valence-electron chi connectivity index (χ0n) is 12.7. The van der Waals surface area contributed by atoms with Crippen LogP contribution < -0.4 is 0 Å². The molecule has 0 radical (unpaired) electrons. The molecule has 1 heteroatoms. The van der Waals surface area contributed by atoms with Crippen molar-refractivity contribution in [1.29, 1.82) is 0 Å². The molecule has 1 fully saturated rings. The molecule has 3 unspecified atom stereocenters. The van der Waals surface area contributed by atoms with Gasteiger partial charge in [0.15, 0.2) is 0 Å². The molecule has 0 bridgehead atoms. The number of benzene rings is 1. The van der Waals surface area contributed by atoms with Crippen LogP contribution in [0.4, 0.5) is 0 Å². The summed E-state index contributed by atoms with van der Waals surface area (Å²) in [5.41, 5.74) is 3.12. The summed E-state index contributed by atoms with van der Waals surface area (Å²) in [5, 5.41) is 0.170. The summed E-state index contributed by atoms with van der Waals surface area (Å²) < 4.78 is 0. The van der Waals surface area contributed by atoms with Gasteiger partial charge in [-0.15, -0.1) is 11.6 Å². The van der Waals surface area contributed by atoms with Crippen LogP contribution in [0.15, 0.2) is 24.3 Å². The molecular formula is C18H27Cl. The summed E-state index contributed by atoms with van der Waals surface area (Å²) in [7, 11) is 0. The van der Waals surface area contributed by atoms with Crippen LogP contribution in [0.5, 0.6) is 0 Å². The minimum Gasteiger partial charge on any atom is -0.118 e. The Bertz CT molecular complexity index is 404. The van der Waals surface area contributed by atoms with Gasteiger partial charge in [-0.05, 0) is 47.6 Å². The SMILES string of the molecule is CCC(C)c1ccc(C(Cl)C2CCCC2(C)C)cc1. The van der Waals surface area contributed by atoms with Crippen LogP contribution in [0.1, 0.15) is 75.8 Å². The maximum absolute atomic E-state index is 6.76. The molecule has 1 aliphatic carbocycles. The maximum atomic E-state index is 6.76. The Kier molecular flexibility index (Phi) is 4.61. The number of hydrogen-bond acceptors (Lipinski definition) is 0. The van der Waals surface area contributed by atoms with Gasteiger partial charge >= 0.3 is 0 Å². The summed E-state index contributed by atoms with van der Waals surface area (Å²) in [6.07, 6.45) is 5.10. The summed E-state index contributed by atoms with van der Waals surface area (Å²) in [6.45, 7) is 9.26. The molecule has 0 aliphatic heterocycles. The third-order valence-electron chi connectivity index (χ3n) is 5.13. The third-order valence-corrected chi connectivity index (χ3v) is 5.69. The largest absolute Gasteiger partial charge is 0.118 e. The average Bonchev–Trinajstić information content (AvgIpc) is 2.77. The fraction of sp³-hybridized carbons (Fsp3) is 0.667. The van der Waals surface area contributed by atoms with Crippen LogP contribution in [0.2, 0.25) is 0 Å². The molecule has 0 N–H and O–H groups in total. The Hall–Kier alpha value is -0.490. The van der Waals surface area contributed by atoms with E-state index in [1.54, 1.807) is 0 Å². The molecule has 0 amide bonds. The first kappa shape index (κ1) is 14.9. The molecule has 0 heterocycles. The van der Waals surface area contributed by atoms with Crippen LogP contribution in [0.3, 0.4) is 0 Å². The second-order valence-corrected chi connectivity index (χ2v) is 7.34. The third kappa shape index (κ3) is 3.16. The van der Waals surface area contributed by atoms with Gasteiger partial charge in [0, 0.05) is 0 Å². The topological polar surface area (TPSA) is 0 Å². The maximum Gasteiger partial charge on any atom is 0.0618 e. The van der Waals surface area contributed by atoms with E-state index in [1.807, 2.05) is 0 Å². The van der Waals surface area contributed by atoms with E-state index in [4.69, 9.17) is 11.6 Å². The van der Waals surface area contributed by atoms with Gasteiger partial charge in [0.2, 0.25) is 0 Å². The van der Waals surface area contributed by atoms with Crippen molar-refractivity contribution in [3.8, 4) is 0 Å². The Morgan fingerprint density at radius 3 is 2.26 bits per heavy atom. The molecule has 1 aliphatic rings. The number of rotatable bonds is 4. The first-order valence-electron chi connectivity index (χ1n) is 7.69. The van der Waals surface area contributed by atoms with E-state index >= 15 is 0 Å². The molecule has 1 saturated carbocycles. The second-order valence-electron chi connectivity index (χ2n) is 6.87. The lowest BCUT2D eigenvalue weighted by Gasteiger charge is -2.31. The van der Waals surface area contributed by atoms with Crippen LogP contribution >= 0.6 is 11.6 Å². The van der Waals surface area contributed by atoms with Gasteiger partial charge < -0.3 is 0 Å². The van der Waals surface area contributed by atoms with Crippen LogP contribution in [0, 0.1) is 11.3 Å². The van der Waals surface area contributed by atoms with E-state index in [9.17, 15) is 0 Å². The molecule has 106 valence electrons. The van der Waals surface area contributed by atoms with Crippen molar-refractivity contribution in [2.75, 3.05) is 0 Å². The molecule has 19 heavy (non-hydrogen) atoms. The molecule has 1 aromatic carbocycles. The summed E-state index contributed by atoms with van der Waals surface area (Å²) in [4.78, 5) is 0. The highest BCUT2D eigenvalue weighted by atomic mass is 35.5. The zero-order valence-corrected chi connectivity index (χ0v) is 13.5. The van der Waals surface area contributed by atoms with Gasteiger partial charge in [0.1, 0.15) is 0 Å². The molecule has 2 rings (SSSR count). The summed E-state index contributed by atoms with van der Waals surface area (Å²) in [5.74, 6) is 1.26. The van der Waals surface area contributed by atoms with Gasteiger partial charge in [0.25, 0.3) is 0 Å². The van der Waals surface area contributed by atoms with E-state index in [1.165, 1.54) is 36.8 Å². The van der Waals surface area contributed by atoms with Gasteiger partial charge in [-0.25, -0.2) is 0 Å². The Morgan fingerprint density at radius 2 is 1.79 bits per heavy atom. The van der Waals surface area contributed by atoms with Crippen molar-refractivity contribution >= 4 is 11.6 Å². The van der Waals surface area contributed by atoms with E-state index in [0.29, 0.717) is 17.3 Å². The van der Waals surface area contributed by atoms with Crippen LogP contribution in [-0.2, 0) is 0 Å². The fourth-order valence-corrected chi connectivity index (χ4v) is 3.99. The predicted molar refractivity (Wildman–Crippen MR) is 84.9 cm³/mol. The standard InChI is InChI=1S/C18H27Cl/c1-5-13(2)14-8-10-15(11-9-14)17(19)16-7-6-12-18(16,3)4/h8-11,13,16-17H,5-7,12H2,1-4H3. The van der Waals surface area contributed by atoms with Crippen LogP contribution in [-0.4, -0.2) is 0 Å². The molecule has 3 atom stereocenters. The average molecular weight is 279 g/mol. The highest BCUT2D eigenvalue weighted by molar-refractivity contribution is 6.21. The van der Waals surface area contributed by atoms with Crippen molar-refractivity contribution in [2.45, 2.75) is 64.7 Å². The Balaban J connectivity index is 2.14. The fourth-order valence-electron chi connectivity index (χ4n) is 3.37. The lowest BCUT2D eigenvalue weighted by atomic mass is 9.78. The smallest absolute Gasteiger partial charge is 0.0618 e. The minimum atomic E-state index is 0.170.